The first-order valence-electron chi connectivity index (χ1n) is 8.60. The second kappa shape index (κ2) is 10.5. The van der Waals surface area contributed by atoms with Crippen LogP contribution in [0, 0.1) is 11.3 Å². The predicted molar refractivity (Wildman–Crippen MR) is 121 cm³/mol. The maximum atomic E-state index is 12.1. The molecule has 0 aliphatic carbocycles. The van der Waals surface area contributed by atoms with E-state index in [1.807, 2.05) is 18.2 Å². The molecule has 0 aliphatic heterocycles. The van der Waals surface area contributed by atoms with Gasteiger partial charge in [0.2, 0.25) is 0 Å². The van der Waals surface area contributed by atoms with Gasteiger partial charge in [-0.2, -0.15) is 5.26 Å². The molecule has 0 unspecified atom stereocenters. The van der Waals surface area contributed by atoms with Crippen LogP contribution in [0.25, 0.3) is 6.08 Å². The Morgan fingerprint density at radius 2 is 2.00 bits per heavy atom. The molecular weight excluding hydrogens is 475 g/mol. The van der Waals surface area contributed by atoms with Crippen molar-refractivity contribution in [2.75, 3.05) is 14.1 Å². The number of ether oxygens (including phenoxy) is 1. The van der Waals surface area contributed by atoms with Crippen molar-refractivity contribution in [1.82, 2.24) is 4.90 Å². The number of amides is 1. The number of rotatable bonds is 7. The largest absolute Gasteiger partial charge is 0.487 e. The second-order valence-electron chi connectivity index (χ2n) is 6.39. The Morgan fingerprint density at radius 1 is 1.28 bits per heavy atom. The number of allylic oxidation sites excluding steroid dienone is 1. The van der Waals surface area contributed by atoms with Gasteiger partial charge in [-0.25, -0.2) is 0 Å². The molecule has 2 aromatic rings. The lowest BCUT2D eigenvalue weighted by Crippen LogP contribution is -2.22. The maximum Gasteiger partial charge on any atom is 0.264 e. The SMILES string of the molecule is C=CCc1cc(/C=C(/C#N)C(=O)N(C)C)cc(Br)c1OCc1ccc(Cl)c(Cl)c1. The molecule has 7 heteroatoms. The number of benzene rings is 2. The van der Waals surface area contributed by atoms with Crippen molar-refractivity contribution in [2.45, 2.75) is 13.0 Å². The third-order valence-corrected chi connectivity index (χ3v) is 5.27. The third-order valence-electron chi connectivity index (χ3n) is 3.94. The molecule has 0 spiro atoms. The highest BCUT2D eigenvalue weighted by atomic mass is 79.9. The standard InChI is InChI=1S/C22H19BrCl2N2O2/c1-4-5-16-8-15(9-17(12-26)22(28)27(2)3)10-18(23)21(16)29-13-14-6-7-19(24)20(25)11-14/h4,6-11H,1,5,13H2,2-3H3/b17-9-. The van der Waals surface area contributed by atoms with E-state index in [0.29, 0.717) is 38.9 Å². The molecule has 0 bridgehead atoms. The van der Waals surface area contributed by atoms with Gasteiger partial charge in [-0.05, 0) is 69.4 Å². The smallest absolute Gasteiger partial charge is 0.264 e. The summed E-state index contributed by atoms with van der Waals surface area (Å²) in [5, 5.41) is 10.3. The number of carbonyl (C=O) groups excluding carboxylic acids is 1. The Balaban J connectivity index is 2.36. The molecule has 0 saturated carbocycles. The monoisotopic (exact) mass is 492 g/mol. The minimum Gasteiger partial charge on any atom is -0.487 e. The summed E-state index contributed by atoms with van der Waals surface area (Å²) in [6.45, 7) is 4.10. The highest BCUT2D eigenvalue weighted by Gasteiger charge is 2.14. The molecule has 0 atom stereocenters. The molecule has 2 aromatic carbocycles. The lowest BCUT2D eigenvalue weighted by Gasteiger charge is -2.15. The topological polar surface area (TPSA) is 53.3 Å². The summed E-state index contributed by atoms with van der Waals surface area (Å²) in [5.41, 5.74) is 2.51. The van der Waals surface area contributed by atoms with Gasteiger partial charge in [0.15, 0.2) is 0 Å². The van der Waals surface area contributed by atoms with E-state index in [1.54, 1.807) is 44.4 Å². The van der Waals surface area contributed by atoms with Gasteiger partial charge in [-0.15, -0.1) is 6.58 Å². The summed E-state index contributed by atoms with van der Waals surface area (Å²) >= 11 is 15.6. The van der Waals surface area contributed by atoms with Crippen LogP contribution < -0.4 is 4.74 Å². The number of nitrogens with zero attached hydrogens (tertiary/aromatic N) is 2. The highest BCUT2D eigenvalue weighted by molar-refractivity contribution is 9.10. The fraction of sp³-hybridized carbons (Fsp3) is 0.182. The van der Waals surface area contributed by atoms with E-state index in [2.05, 4.69) is 22.5 Å². The Kier molecular flexibility index (Phi) is 8.33. The van der Waals surface area contributed by atoms with Crippen LogP contribution in [-0.4, -0.2) is 24.9 Å². The molecular formula is C22H19BrCl2N2O2. The van der Waals surface area contributed by atoms with Gasteiger partial charge in [0.05, 0.1) is 14.5 Å². The van der Waals surface area contributed by atoms with Gasteiger partial charge in [0, 0.05) is 14.1 Å². The van der Waals surface area contributed by atoms with Crippen LogP contribution in [0.1, 0.15) is 16.7 Å². The van der Waals surface area contributed by atoms with Crippen molar-refractivity contribution in [3.63, 3.8) is 0 Å². The average Bonchev–Trinajstić information content (AvgIpc) is 2.67. The number of likely N-dealkylation sites (N-methyl/N-ethyl adjacent to an activating group) is 1. The van der Waals surface area contributed by atoms with E-state index in [1.165, 1.54) is 4.90 Å². The molecule has 0 aliphatic rings. The van der Waals surface area contributed by atoms with Crippen LogP contribution in [0.4, 0.5) is 0 Å². The van der Waals surface area contributed by atoms with Crippen molar-refractivity contribution in [3.8, 4) is 11.8 Å². The van der Waals surface area contributed by atoms with Gasteiger partial charge >= 0.3 is 0 Å². The first-order valence-corrected chi connectivity index (χ1v) is 10.1. The minimum atomic E-state index is -0.353. The van der Waals surface area contributed by atoms with Gasteiger partial charge in [0.1, 0.15) is 24.0 Å². The minimum absolute atomic E-state index is 0.0518. The van der Waals surface area contributed by atoms with E-state index in [4.69, 9.17) is 27.9 Å². The van der Waals surface area contributed by atoms with Gasteiger partial charge in [0.25, 0.3) is 5.91 Å². The molecule has 1 amide bonds. The molecule has 2 rings (SSSR count). The second-order valence-corrected chi connectivity index (χ2v) is 8.06. The zero-order valence-electron chi connectivity index (χ0n) is 16.0. The van der Waals surface area contributed by atoms with Gasteiger partial charge in [-0.3, -0.25) is 4.79 Å². The van der Waals surface area contributed by atoms with E-state index < -0.39 is 0 Å². The number of nitriles is 1. The summed E-state index contributed by atoms with van der Waals surface area (Å²) in [5.74, 6) is 0.305. The van der Waals surface area contributed by atoms with Crippen LogP contribution in [0.5, 0.6) is 5.75 Å². The van der Waals surface area contributed by atoms with Crippen LogP contribution in [0.15, 0.2) is 53.0 Å². The van der Waals surface area contributed by atoms with Crippen LogP contribution in [-0.2, 0) is 17.8 Å². The van der Waals surface area contributed by atoms with Crippen LogP contribution in [0.2, 0.25) is 10.0 Å². The Labute approximate surface area is 189 Å². The van der Waals surface area contributed by atoms with Crippen molar-refractivity contribution in [2.24, 2.45) is 0 Å². The van der Waals surface area contributed by atoms with E-state index in [9.17, 15) is 10.1 Å². The van der Waals surface area contributed by atoms with Crippen molar-refractivity contribution in [1.29, 1.82) is 5.26 Å². The number of carbonyl (C=O) groups is 1. The molecule has 29 heavy (non-hydrogen) atoms. The number of halogens is 3. The quantitative estimate of drug-likeness (QED) is 0.267. The van der Waals surface area contributed by atoms with Gasteiger partial charge in [-0.1, -0.05) is 35.3 Å². The molecule has 0 aromatic heterocycles. The molecule has 0 radical (unpaired) electrons. The maximum absolute atomic E-state index is 12.1. The van der Waals surface area contributed by atoms with Crippen molar-refractivity contribution >= 4 is 51.1 Å². The molecule has 0 fully saturated rings. The molecule has 0 saturated heterocycles. The number of hydrogen-bond acceptors (Lipinski definition) is 3. The van der Waals surface area contributed by atoms with Crippen molar-refractivity contribution < 1.29 is 9.53 Å². The molecule has 150 valence electrons. The lowest BCUT2D eigenvalue weighted by molar-refractivity contribution is -0.124. The Morgan fingerprint density at radius 3 is 2.59 bits per heavy atom. The highest BCUT2D eigenvalue weighted by Crippen LogP contribution is 2.33. The lowest BCUT2D eigenvalue weighted by atomic mass is 10.0. The Bertz CT molecular complexity index is 1010. The van der Waals surface area contributed by atoms with Gasteiger partial charge < -0.3 is 9.64 Å². The normalized spacial score (nSPS) is 11.0. The Hall–Kier alpha value is -2.26. The molecule has 0 N–H and O–H groups in total. The fourth-order valence-corrected chi connectivity index (χ4v) is 3.51. The zero-order valence-corrected chi connectivity index (χ0v) is 19.1. The van der Waals surface area contributed by atoms with Crippen LogP contribution >= 0.6 is 39.1 Å². The summed E-state index contributed by atoms with van der Waals surface area (Å²) in [4.78, 5) is 13.5. The summed E-state index contributed by atoms with van der Waals surface area (Å²) in [6.07, 6.45) is 3.88. The van der Waals surface area contributed by atoms with E-state index in [0.717, 1.165) is 11.1 Å². The predicted octanol–water partition coefficient (Wildman–Crippen LogP) is 6.06. The first kappa shape index (κ1) is 23.0. The molecule has 0 heterocycles. The summed E-state index contributed by atoms with van der Waals surface area (Å²) in [7, 11) is 3.21. The van der Waals surface area contributed by atoms with E-state index >= 15 is 0 Å². The summed E-state index contributed by atoms with van der Waals surface area (Å²) < 4.78 is 6.72. The number of hydrogen-bond donors (Lipinski definition) is 0. The molecule has 4 nitrogen and oxygen atoms in total. The zero-order chi connectivity index (χ0) is 21.6. The summed E-state index contributed by atoms with van der Waals surface area (Å²) in [6, 6.07) is 11.0. The fourth-order valence-electron chi connectivity index (χ4n) is 2.56. The van der Waals surface area contributed by atoms with E-state index in [-0.39, 0.29) is 11.5 Å². The van der Waals surface area contributed by atoms with Crippen LogP contribution in [0.3, 0.4) is 0 Å². The first-order chi connectivity index (χ1) is 13.8. The van der Waals surface area contributed by atoms with Crippen molar-refractivity contribution in [3.05, 3.63) is 79.8 Å². The average molecular weight is 494 g/mol. The third kappa shape index (κ3) is 6.11.